The van der Waals surface area contributed by atoms with Gasteiger partial charge in [-0.05, 0) is 63.8 Å². The van der Waals surface area contributed by atoms with Crippen LogP contribution in [0.15, 0.2) is 42.5 Å². The van der Waals surface area contributed by atoms with Gasteiger partial charge in [0.05, 0.1) is 6.04 Å². The monoisotopic (exact) mass is 365 g/mol. The van der Waals surface area contributed by atoms with E-state index in [1.54, 1.807) is 0 Å². The average molecular weight is 365 g/mol. The fourth-order valence-corrected chi connectivity index (χ4v) is 3.09. The van der Waals surface area contributed by atoms with E-state index in [-0.39, 0.29) is 6.04 Å². The molecule has 0 spiro atoms. The number of hydrogen-bond acceptors (Lipinski definition) is 1. The maximum absolute atomic E-state index is 6.51. The van der Waals surface area contributed by atoms with Crippen molar-refractivity contribution in [3.05, 3.63) is 68.3 Å². The van der Waals surface area contributed by atoms with Crippen molar-refractivity contribution in [2.24, 2.45) is 5.73 Å². The molecule has 1 atom stereocenters. The molecule has 1 unspecified atom stereocenters. The molecule has 0 aliphatic heterocycles. The number of hydrogen-bond donors (Lipinski definition) is 1. The van der Waals surface area contributed by atoms with Crippen molar-refractivity contribution >= 4 is 22.6 Å². The third kappa shape index (κ3) is 3.18. The lowest BCUT2D eigenvalue weighted by atomic mass is 9.92. The highest BCUT2D eigenvalue weighted by molar-refractivity contribution is 14.1. The molecule has 0 aromatic heterocycles. The molecule has 1 nitrogen and oxygen atoms in total. The Balaban J connectivity index is 2.48. The Labute approximate surface area is 129 Å². The maximum Gasteiger partial charge on any atom is 0.0564 e. The van der Waals surface area contributed by atoms with Gasteiger partial charge in [-0.3, -0.25) is 0 Å². The summed E-state index contributed by atoms with van der Waals surface area (Å²) in [7, 11) is 0. The van der Waals surface area contributed by atoms with Crippen molar-refractivity contribution in [3.63, 3.8) is 0 Å². The summed E-state index contributed by atoms with van der Waals surface area (Å²) in [6.07, 6.45) is 2.08. The quantitative estimate of drug-likeness (QED) is 0.796. The molecular weight excluding hydrogens is 345 g/mol. The summed E-state index contributed by atoms with van der Waals surface area (Å²) in [6.45, 7) is 4.37. The topological polar surface area (TPSA) is 26.0 Å². The van der Waals surface area contributed by atoms with E-state index in [4.69, 9.17) is 5.73 Å². The van der Waals surface area contributed by atoms with Crippen LogP contribution in [0, 0.1) is 3.57 Å². The predicted molar refractivity (Wildman–Crippen MR) is 90.4 cm³/mol. The van der Waals surface area contributed by atoms with E-state index in [1.165, 1.54) is 25.8 Å². The van der Waals surface area contributed by atoms with E-state index in [1.807, 2.05) is 0 Å². The van der Waals surface area contributed by atoms with Gasteiger partial charge < -0.3 is 5.73 Å². The molecule has 100 valence electrons. The second-order valence-electron chi connectivity index (χ2n) is 4.74. The summed E-state index contributed by atoms with van der Waals surface area (Å²) in [5, 5.41) is 0. The molecule has 2 N–H and O–H groups in total. The first-order valence-corrected chi connectivity index (χ1v) is 7.87. The molecule has 19 heavy (non-hydrogen) atoms. The second kappa shape index (κ2) is 6.53. The highest BCUT2D eigenvalue weighted by Gasteiger charge is 2.15. The van der Waals surface area contributed by atoms with Gasteiger partial charge in [0.2, 0.25) is 0 Å². The van der Waals surface area contributed by atoms with Gasteiger partial charge in [0, 0.05) is 3.57 Å². The molecule has 0 amide bonds. The zero-order valence-corrected chi connectivity index (χ0v) is 13.6. The Hall–Kier alpha value is -0.870. The molecule has 0 aliphatic rings. The zero-order valence-electron chi connectivity index (χ0n) is 11.5. The van der Waals surface area contributed by atoms with Crippen molar-refractivity contribution in [2.75, 3.05) is 0 Å². The number of rotatable bonds is 4. The predicted octanol–water partition coefficient (Wildman–Crippen LogP) is 4.46. The number of benzene rings is 2. The molecule has 2 aromatic carbocycles. The minimum absolute atomic E-state index is 0.0328. The van der Waals surface area contributed by atoms with Crippen LogP contribution in [0.1, 0.15) is 42.1 Å². The van der Waals surface area contributed by atoms with Gasteiger partial charge in [-0.25, -0.2) is 0 Å². The summed E-state index contributed by atoms with van der Waals surface area (Å²) in [4.78, 5) is 0. The van der Waals surface area contributed by atoms with Crippen LogP contribution < -0.4 is 5.73 Å². The Morgan fingerprint density at radius 1 is 1.00 bits per heavy atom. The molecule has 0 saturated heterocycles. The fourth-order valence-electron chi connectivity index (χ4n) is 2.37. The highest BCUT2D eigenvalue weighted by atomic mass is 127. The Kier molecular flexibility index (Phi) is 4.99. The highest BCUT2D eigenvalue weighted by Crippen LogP contribution is 2.27. The third-order valence-corrected chi connectivity index (χ3v) is 4.56. The number of halogens is 1. The van der Waals surface area contributed by atoms with Crippen LogP contribution in [0.5, 0.6) is 0 Å². The second-order valence-corrected chi connectivity index (χ2v) is 5.90. The molecule has 0 fully saturated rings. The van der Waals surface area contributed by atoms with Crippen molar-refractivity contribution in [3.8, 4) is 0 Å². The van der Waals surface area contributed by atoms with Crippen LogP contribution >= 0.6 is 22.6 Å². The van der Waals surface area contributed by atoms with E-state index < -0.39 is 0 Å². The first-order chi connectivity index (χ1) is 9.17. The van der Waals surface area contributed by atoms with Gasteiger partial charge in [0.25, 0.3) is 0 Å². The lowest BCUT2D eigenvalue weighted by Crippen LogP contribution is -2.15. The van der Waals surface area contributed by atoms with E-state index in [2.05, 4.69) is 78.9 Å². The van der Waals surface area contributed by atoms with Gasteiger partial charge in [-0.2, -0.15) is 0 Å². The van der Waals surface area contributed by atoms with Gasteiger partial charge in [0.15, 0.2) is 0 Å². The number of aryl methyl sites for hydroxylation is 2. The molecule has 2 rings (SSSR count). The van der Waals surface area contributed by atoms with Crippen LogP contribution in [0.2, 0.25) is 0 Å². The van der Waals surface area contributed by atoms with Crippen LogP contribution in [-0.4, -0.2) is 0 Å². The Bertz CT molecular complexity index is 563. The van der Waals surface area contributed by atoms with Crippen LogP contribution in [0.25, 0.3) is 0 Å². The summed E-state index contributed by atoms with van der Waals surface area (Å²) in [6, 6.07) is 15.0. The Morgan fingerprint density at radius 2 is 1.74 bits per heavy atom. The summed E-state index contributed by atoms with van der Waals surface area (Å²) >= 11 is 2.36. The SMILES string of the molecule is CCc1ccc(CC)c(C(N)c2ccccc2I)c1. The maximum atomic E-state index is 6.51. The minimum Gasteiger partial charge on any atom is -0.320 e. The standard InChI is InChI=1S/C17H20IN/c1-3-12-9-10-13(4-2)15(11-12)17(19)14-7-5-6-8-16(14)18/h5-11,17H,3-4,19H2,1-2H3. The average Bonchev–Trinajstić information content (AvgIpc) is 2.46. The van der Waals surface area contributed by atoms with E-state index in [0.717, 1.165) is 12.8 Å². The van der Waals surface area contributed by atoms with Gasteiger partial charge >= 0.3 is 0 Å². The van der Waals surface area contributed by atoms with Crippen molar-refractivity contribution in [2.45, 2.75) is 32.7 Å². The first-order valence-electron chi connectivity index (χ1n) is 6.79. The van der Waals surface area contributed by atoms with Crippen molar-refractivity contribution in [1.29, 1.82) is 0 Å². The van der Waals surface area contributed by atoms with Crippen LogP contribution in [0.4, 0.5) is 0 Å². The lowest BCUT2D eigenvalue weighted by Gasteiger charge is -2.19. The third-order valence-electron chi connectivity index (χ3n) is 3.57. The zero-order chi connectivity index (χ0) is 13.8. The van der Waals surface area contributed by atoms with Crippen LogP contribution in [-0.2, 0) is 12.8 Å². The first kappa shape index (κ1) is 14.5. The summed E-state index contributed by atoms with van der Waals surface area (Å²) in [5.74, 6) is 0. The molecule has 0 radical (unpaired) electrons. The summed E-state index contributed by atoms with van der Waals surface area (Å²) in [5.41, 5.74) is 11.7. The summed E-state index contributed by atoms with van der Waals surface area (Å²) < 4.78 is 1.23. The lowest BCUT2D eigenvalue weighted by molar-refractivity contribution is 0.840. The minimum atomic E-state index is -0.0328. The van der Waals surface area contributed by atoms with Gasteiger partial charge in [-0.15, -0.1) is 0 Å². The molecular formula is C17H20IN. The van der Waals surface area contributed by atoms with Crippen molar-refractivity contribution < 1.29 is 0 Å². The van der Waals surface area contributed by atoms with E-state index in [0.29, 0.717) is 0 Å². The Morgan fingerprint density at radius 3 is 2.37 bits per heavy atom. The smallest absolute Gasteiger partial charge is 0.0564 e. The molecule has 0 aliphatic carbocycles. The van der Waals surface area contributed by atoms with E-state index >= 15 is 0 Å². The normalized spacial score (nSPS) is 12.4. The molecule has 2 heteroatoms. The van der Waals surface area contributed by atoms with Gasteiger partial charge in [0.1, 0.15) is 0 Å². The van der Waals surface area contributed by atoms with Crippen molar-refractivity contribution in [1.82, 2.24) is 0 Å². The van der Waals surface area contributed by atoms with Crippen LogP contribution in [0.3, 0.4) is 0 Å². The molecule has 0 heterocycles. The van der Waals surface area contributed by atoms with Gasteiger partial charge in [-0.1, -0.05) is 50.2 Å². The van der Waals surface area contributed by atoms with E-state index in [9.17, 15) is 0 Å². The molecule has 0 saturated carbocycles. The molecule has 2 aromatic rings. The molecule has 0 bridgehead atoms. The fraction of sp³-hybridized carbons (Fsp3) is 0.294. The number of nitrogens with two attached hydrogens (primary N) is 1. The largest absolute Gasteiger partial charge is 0.320 e.